The first kappa shape index (κ1) is 25.3. The highest BCUT2D eigenvalue weighted by molar-refractivity contribution is 6.08. The first-order chi connectivity index (χ1) is 17.2. The van der Waals surface area contributed by atoms with Crippen molar-refractivity contribution >= 4 is 17.3 Å². The van der Waals surface area contributed by atoms with Gasteiger partial charge in [0, 0.05) is 24.9 Å². The Morgan fingerprint density at radius 1 is 0.972 bits per heavy atom. The topological polar surface area (TPSA) is 83.2 Å². The van der Waals surface area contributed by atoms with Gasteiger partial charge in [0.15, 0.2) is 6.79 Å². The summed E-state index contributed by atoms with van der Waals surface area (Å²) in [6.07, 6.45) is -4.13. The molecule has 0 bridgehead atoms. The average molecular weight is 502 g/mol. The van der Waals surface area contributed by atoms with Gasteiger partial charge in [-0.1, -0.05) is 24.3 Å². The maximum Gasteiger partial charge on any atom is 0.573 e. The number of hydrogen-bond donors (Lipinski definition) is 1. The van der Waals surface area contributed by atoms with Crippen LogP contribution in [-0.2, 0) is 15.9 Å². The standard InChI is InChI=1S/C26H25F3N2O5/c1-33-12-13-34-16-35-24-9-5-20(15-23(24)30)31-11-10-19-14-18(4-8-22(19)25(31)32)17-2-6-21(7-3-17)36-26(27,28)29/h2-9,14-15H,10-13,16,30H2,1H3. The molecule has 1 amide bonds. The third-order valence-electron chi connectivity index (χ3n) is 5.64. The summed E-state index contributed by atoms with van der Waals surface area (Å²) in [5, 5.41) is 0. The molecule has 0 spiro atoms. The van der Waals surface area contributed by atoms with Crippen LogP contribution in [0.15, 0.2) is 60.7 Å². The van der Waals surface area contributed by atoms with Crippen molar-refractivity contribution in [3.8, 4) is 22.6 Å². The Bertz CT molecular complexity index is 1220. The van der Waals surface area contributed by atoms with E-state index in [4.69, 9.17) is 19.9 Å². The average Bonchev–Trinajstić information content (AvgIpc) is 2.84. The van der Waals surface area contributed by atoms with Crippen LogP contribution in [0.2, 0.25) is 0 Å². The van der Waals surface area contributed by atoms with Crippen LogP contribution in [0.4, 0.5) is 24.5 Å². The molecule has 1 heterocycles. The first-order valence-corrected chi connectivity index (χ1v) is 11.1. The molecule has 0 aliphatic carbocycles. The number of alkyl halides is 3. The summed E-state index contributed by atoms with van der Waals surface area (Å²) in [6.45, 7) is 1.34. The molecular formula is C26H25F3N2O5. The van der Waals surface area contributed by atoms with Crippen molar-refractivity contribution in [2.24, 2.45) is 0 Å². The van der Waals surface area contributed by atoms with E-state index < -0.39 is 6.36 Å². The van der Waals surface area contributed by atoms with Crippen molar-refractivity contribution in [2.45, 2.75) is 12.8 Å². The molecule has 190 valence electrons. The van der Waals surface area contributed by atoms with Gasteiger partial charge in [0.1, 0.15) is 11.5 Å². The number of nitrogen functional groups attached to an aromatic ring is 1. The van der Waals surface area contributed by atoms with Gasteiger partial charge in [-0.2, -0.15) is 0 Å². The van der Waals surface area contributed by atoms with E-state index in [2.05, 4.69) is 4.74 Å². The number of hydrogen-bond acceptors (Lipinski definition) is 6. The molecular weight excluding hydrogens is 477 g/mol. The van der Waals surface area contributed by atoms with Crippen molar-refractivity contribution in [3.05, 3.63) is 71.8 Å². The molecule has 1 aliphatic heterocycles. The Morgan fingerprint density at radius 3 is 2.42 bits per heavy atom. The van der Waals surface area contributed by atoms with Crippen molar-refractivity contribution in [2.75, 3.05) is 44.3 Å². The Labute approximate surface area is 206 Å². The number of carbonyl (C=O) groups excluding carboxylic acids is 1. The van der Waals surface area contributed by atoms with Gasteiger partial charge >= 0.3 is 6.36 Å². The van der Waals surface area contributed by atoms with Gasteiger partial charge in [-0.3, -0.25) is 4.79 Å². The van der Waals surface area contributed by atoms with Gasteiger partial charge in [0.05, 0.1) is 18.9 Å². The Balaban J connectivity index is 1.45. The molecule has 10 heteroatoms. The summed E-state index contributed by atoms with van der Waals surface area (Å²) >= 11 is 0. The number of halogens is 3. The summed E-state index contributed by atoms with van der Waals surface area (Å²) in [6, 6.07) is 16.2. The number of fused-ring (bicyclic) bond motifs is 1. The first-order valence-electron chi connectivity index (χ1n) is 11.1. The lowest BCUT2D eigenvalue weighted by atomic mass is 9.93. The zero-order chi connectivity index (χ0) is 25.7. The monoisotopic (exact) mass is 502 g/mol. The Morgan fingerprint density at radius 2 is 1.72 bits per heavy atom. The molecule has 0 radical (unpaired) electrons. The molecule has 3 aromatic rings. The highest BCUT2D eigenvalue weighted by Gasteiger charge is 2.31. The van der Waals surface area contributed by atoms with E-state index in [-0.39, 0.29) is 18.4 Å². The second kappa shape index (κ2) is 10.9. The number of benzene rings is 3. The molecule has 0 fully saturated rings. The fraction of sp³-hybridized carbons (Fsp3) is 0.269. The minimum Gasteiger partial charge on any atom is -0.465 e. The third kappa shape index (κ3) is 6.07. The van der Waals surface area contributed by atoms with E-state index in [1.165, 1.54) is 12.1 Å². The van der Waals surface area contributed by atoms with Gasteiger partial charge < -0.3 is 29.6 Å². The van der Waals surface area contributed by atoms with E-state index in [1.807, 2.05) is 6.07 Å². The molecule has 7 nitrogen and oxygen atoms in total. The zero-order valence-corrected chi connectivity index (χ0v) is 19.5. The molecule has 4 rings (SSSR count). The molecule has 0 atom stereocenters. The number of nitrogens with two attached hydrogens (primary N) is 1. The van der Waals surface area contributed by atoms with Gasteiger partial charge in [0.25, 0.3) is 5.91 Å². The van der Waals surface area contributed by atoms with Crippen LogP contribution in [0.25, 0.3) is 11.1 Å². The van der Waals surface area contributed by atoms with Crippen LogP contribution in [-0.4, -0.2) is 45.9 Å². The highest BCUT2D eigenvalue weighted by atomic mass is 19.4. The number of ether oxygens (including phenoxy) is 4. The SMILES string of the molecule is COCCOCOc1ccc(N2CCc3cc(-c4ccc(OC(F)(F)F)cc4)ccc3C2=O)cc1N. The van der Waals surface area contributed by atoms with Crippen molar-refractivity contribution in [1.82, 2.24) is 0 Å². The number of rotatable bonds is 9. The molecule has 0 saturated carbocycles. The molecule has 0 saturated heterocycles. The summed E-state index contributed by atoms with van der Waals surface area (Å²) < 4.78 is 56.8. The minimum atomic E-state index is -4.74. The van der Waals surface area contributed by atoms with Gasteiger partial charge in [-0.15, -0.1) is 13.2 Å². The Hall–Kier alpha value is -3.76. The lowest BCUT2D eigenvalue weighted by molar-refractivity contribution is -0.274. The number of methoxy groups -OCH3 is 1. The maximum absolute atomic E-state index is 13.2. The highest BCUT2D eigenvalue weighted by Crippen LogP contribution is 2.33. The second-order valence-electron chi connectivity index (χ2n) is 8.04. The molecule has 2 N–H and O–H groups in total. The second-order valence-corrected chi connectivity index (χ2v) is 8.04. The molecule has 0 aromatic heterocycles. The fourth-order valence-corrected chi connectivity index (χ4v) is 3.90. The van der Waals surface area contributed by atoms with E-state index in [1.54, 1.807) is 54.5 Å². The molecule has 1 aliphatic rings. The Kier molecular flexibility index (Phi) is 7.66. The van der Waals surface area contributed by atoms with Crippen LogP contribution in [0.1, 0.15) is 15.9 Å². The number of amides is 1. The van der Waals surface area contributed by atoms with Crippen LogP contribution in [0.5, 0.6) is 11.5 Å². The van der Waals surface area contributed by atoms with E-state index >= 15 is 0 Å². The maximum atomic E-state index is 13.2. The largest absolute Gasteiger partial charge is 0.573 e. The number of nitrogens with zero attached hydrogens (tertiary/aromatic N) is 1. The van der Waals surface area contributed by atoms with Crippen LogP contribution in [0.3, 0.4) is 0 Å². The summed E-state index contributed by atoms with van der Waals surface area (Å²) in [5.41, 5.74) is 10.1. The normalized spacial score (nSPS) is 13.4. The summed E-state index contributed by atoms with van der Waals surface area (Å²) in [7, 11) is 1.58. The fourth-order valence-electron chi connectivity index (χ4n) is 3.90. The quantitative estimate of drug-likeness (QED) is 0.251. The predicted molar refractivity (Wildman–Crippen MR) is 128 cm³/mol. The smallest absolute Gasteiger partial charge is 0.465 e. The lowest BCUT2D eigenvalue weighted by Gasteiger charge is -2.29. The van der Waals surface area contributed by atoms with Gasteiger partial charge in [-0.05, 0) is 59.5 Å². The third-order valence-corrected chi connectivity index (χ3v) is 5.64. The zero-order valence-electron chi connectivity index (χ0n) is 19.5. The minimum absolute atomic E-state index is 0.0311. The van der Waals surface area contributed by atoms with Crippen LogP contribution < -0.4 is 20.1 Å². The van der Waals surface area contributed by atoms with Crippen molar-refractivity contribution in [1.29, 1.82) is 0 Å². The van der Waals surface area contributed by atoms with E-state index in [9.17, 15) is 18.0 Å². The van der Waals surface area contributed by atoms with Gasteiger partial charge in [-0.25, -0.2) is 0 Å². The van der Waals surface area contributed by atoms with Crippen LogP contribution >= 0.6 is 0 Å². The lowest BCUT2D eigenvalue weighted by Crippen LogP contribution is -2.37. The van der Waals surface area contributed by atoms with Crippen LogP contribution in [0, 0.1) is 0 Å². The predicted octanol–water partition coefficient (Wildman–Crippen LogP) is 5.04. The summed E-state index contributed by atoms with van der Waals surface area (Å²) in [4.78, 5) is 14.9. The number of carbonyl (C=O) groups is 1. The molecule has 0 unspecified atom stereocenters. The van der Waals surface area contributed by atoms with E-state index in [0.29, 0.717) is 48.9 Å². The summed E-state index contributed by atoms with van der Waals surface area (Å²) in [5.74, 6) is 0.00866. The van der Waals surface area contributed by atoms with E-state index in [0.717, 1.165) is 16.7 Å². The van der Waals surface area contributed by atoms with Crippen molar-refractivity contribution in [3.63, 3.8) is 0 Å². The molecule has 3 aromatic carbocycles. The number of anilines is 2. The van der Waals surface area contributed by atoms with Crippen molar-refractivity contribution < 1.29 is 36.9 Å². The molecule has 36 heavy (non-hydrogen) atoms. The van der Waals surface area contributed by atoms with Gasteiger partial charge in [0.2, 0.25) is 0 Å².